The van der Waals surface area contributed by atoms with Crippen LogP contribution in [0.5, 0.6) is 11.5 Å². The highest BCUT2D eigenvalue weighted by molar-refractivity contribution is 5.88. The predicted molar refractivity (Wildman–Crippen MR) is 92.7 cm³/mol. The number of benzene rings is 1. The molecule has 2 bridgehead atoms. The van der Waals surface area contributed by atoms with Crippen LogP contribution in [-0.2, 0) is 16.6 Å². The lowest BCUT2D eigenvalue weighted by Crippen LogP contribution is -2.72. The Morgan fingerprint density at radius 2 is 2.16 bits per heavy atom. The number of likely N-dealkylation sites (tertiary alicyclic amines) is 1. The van der Waals surface area contributed by atoms with E-state index >= 15 is 0 Å². The van der Waals surface area contributed by atoms with Crippen LogP contribution in [0.4, 0.5) is 0 Å². The van der Waals surface area contributed by atoms with Crippen LogP contribution < -0.4 is 4.74 Å². The first-order chi connectivity index (χ1) is 12.0. The summed E-state index contributed by atoms with van der Waals surface area (Å²) in [6.45, 7) is 2.41. The van der Waals surface area contributed by atoms with Crippen LogP contribution in [0.25, 0.3) is 0 Å². The van der Waals surface area contributed by atoms with Gasteiger partial charge in [-0.3, -0.25) is 4.79 Å². The number of hydrogen-bond donors (Lipinski definition) is 1. The van der Waals surface area contributed by atoms with E-state index in [1.807, 2.05) is 6.07 Å². The number of carbonyl (C=O) groups excluding carboxylic acids is 1. The molecule has 4 nitrogen and oxygen atoms in total. The summed E-state index contributed by atoms with van der Waals surface area (Å²) in [5.41, 5.74) is 2.11. The van der Waals surface area contributed by atoms with Gasteiger partial charge in [-0.05, 0) is 31.4 Å². The number of piperidine rings is 1. The fraction of sp³-hybridized carbons (Fsp3) is 0.667. The highest BCUT2D eigenvalue weighted by Gasteiger charge is 2.69. The first-order valence-electron chi connectivity index (χ1n) is 9.92. The van der Waals surface area contributed by atoms with Gasteiger partial charge in [0.05, 0.1) is 31.6 Å². The SMILES string of the molecule is C[N@+]1(CC2CC2)CC[C@@]23c4c5ccc(O)c4CC1C2CCC(=O)C3O5. The lowest BCUT2D eigenvalue weighted by Gasteiger charge is -2.60. The fourth-order valence-corrected chi connectivity index (χ4v) is 6.92. The van der Waals surface area contributed by atoms with Crippen molar-refractivity contribution in [3.63, 3.8) is 0 Å². The average molecular weight is 340 g/mol. The summed E-state index contributed by atoms with van der Waals surface area (Å²) in [5.74, 6) is 2.96. The molecule has 6 rings (SSSR count). The molecule has 1 N–H and O–H groups in total. The highest BCUT2D eigenvalue weighted by Crippen LogP contribution is 2.63. The number of ketones is 1. The standard InChI is InChI=1S/C21H25NO3/c1-22(11-12-2-3-12)9-8-21-14-4-5-17(24)20(21)25-18-7-6-16(23)13(19(18)21)10-15(14)22/h6-7,12,14-15,20H,2-5,8-11H2,1H3/p+1/t14?,15?,20?,21-,22+/m0/s1. The summed E-state index contributed by atoms with van der Waals surface area (Å²) in [6.07, 6.45) is 6.08. The molecule has 1 spiro atoms. The van der Waals surface area contributed by atoms with Gasteiger partial charge in [-0.2, -0.15) is 0 Å². The number of carbonyl (C=O) groups is 1. The van der Waals surface area contributed by atoms with Crippen molar-refractivity contribution in [1.82, 2.24) is 0 Å². The third-order valence-corrected chi connectivity index (χ3v) is 8.17. The lowest BCUT2D eigenvalue weighted by molar-refractivity contribution is -0.946. The zero-order valence-corrected chi connectivity index (χ0v) is 14.8. The molecule has 3 fully saturated rings. The summed E-state index contributed by atoms with van der Waals surface area (Å²) in [7, 11) is 2.43. The Kier molecular flexibility index (Phi) is 2.57. The van der Waals surface area contributed by atoms with Gasteiger partial charge in [0.25, 0.3) is 0 Å². The van der Waals surface area contributed by atoms with Crippen LogP contribution in [-0.4, -0.2) is 47.7 Å². The van der Waals surface area contributed by atoms with Gasteiger partial charge >= 0.3 is 0 Å². The minimum absolute atomic E-state index is 0.164. The summed E-state index contributed by atoms with van der Waals surface area (Å²) in [4.78, 5) is 12.8. The van der Waals surface area contributed by atoms with E-state index in [4.69, 9.17) is 4.74 Å². The largest absolute Gasteiger partial charge is 0.508 e. The van der Waals surface area contributed by atoms with Crippen LogP contribution in [0.15, 0.2) is 12.1 Å². The number of phenolic OH excluding ortho intramolecular Hbond substituents is 1. The maximum absolute atomic E-state index is 12.8. The number of nitrogens with zero attached hydrogens (tertiary/aromatic N) is 1. The van der Waals surface area contributed by atoms with E-state index in [9.17, 15) is 9.90 Å². The summed E-state index contributed by atoms with van der Waals surface area (Å²) < 4.78 is 7.37. The molecule has 25 heavy (non-hydrogen) atoms. The van der Waals surface area contributed by atoms with Crippen molar-refractivity contribution in [1.29, 1.82) is 0 Å². The smallest absolute Gasteiger partial charge is 0.174 e. The van der Waals surface area contributed by atoms with Gasteiger partial charge in [0.1, 0.15) is 11.5 Å². The Bertz CT molecular complexity index is 801. The summed E-state index contributed by atoms with van der Waals surface area (Å²) in [5, 5.41) is 10.6. The minimum Gasteiger partial charge on any atom is -0.508 e. The maximum atomic E-state index is 12.8. The normalized spacial score (nSPS) is 43.6. The molecule has 1 aromatic carbocycles. The Hall–Kier alpha value is -1.55. The predicted octanol–water partition coefficient (Wildman–Crippen LogP) is 2.56. The van der Waals surface area contributed by atoms with Crippen LogP contribution in [0.3, 0.4) is 0 Å². The van der Waals surface area contributed by atoms with Crippen molar-refractivity contribution < 1.29 is 19.1 Å². The first kappa shape index (κ1) is 14.6. The Balaban J connectivity index is 1.56. The Morgan fingerprint density at radius 1 is 1.32 bits per heavy atom. The molecule has 2 aliphatic heterocycles. The van der Waals surface area contributed by atoms with Crippen LogP contribution in [0, 0.1) is 11.8 Å². The van der Waals surface area contributed by atoms with Crippen molar-refractivity contribution in [2.24, 2.45) is 11.8 Å². The number of likely N-dealkylation sites (N-methyl/N-ethyl adjacent to an activating group) is 1. The third-order valence-electron chi connectivity index (χ3n) is 8.17. The van der Waals surface area contributed by atoms with E-state index in [0.717, 1.165) is 47.5 Å². The van der Waals surface area contributed by atoms with Gasteiger partial charge in [-0.15, -0.1) is 0 Å². The molecule has 1 saturated heterocycles. The van der Waals surface area contributed by atoms with E-state index in [1.54, 1.807) is 6.07 Å². The molecule has 3 unspecified atom stereocenters. The third kappa shape index (κ3) is 1.65. The second-order valence-corrected chi connectivity index (χ2v) is 9.44. The molecule has 5 aliphatic rings. The Morgan fingerprint density at radius 3 is 2.96 bits per heavy atom. The molecule has 4 heteroatoms. The Labute approximate surface area is 148 Å². The minimum atomic E-state index is -0.306. The summed E-state index contributed by atoms with van der Waals surface area (Å²) >= 11 is 0. The zero-order valence-electron chi connectivity index (χ0n) is 14.8. The van der Waals surface area contributed by atoms with E-state index in [0.29, 0.717) is 24.1 Å². The second-order valence-electron chi connectivity index (χ2n) is 9.44. The number of hydrogen-bond acceptors (Lipinski definition) is 3. The van der Waals surface area contributed by atoms with Gasteiger partial charge < -0.3 is 14.3 Å². The molecule has 0 radical (unpaired) electrons. The van der Waals surface area contributed by atoms with Gasteiger partial charge in [0, 0.05) is 42.2 Å². The maximum Gasteiger partial charge on any atom is 0.174 e. The second kappa shape index (κ2) is 4.40. The quantitative estimate of drug-likeness (QED) is 0.842. The van der Waals surface area contributed by atoms with Crippen molar-refractivity contribution in [2.75, 3.05) is 20.1 Å². The number of aromatic hydroxyl groups is 1. The highest BCUT2D eigenvalue weighted by atomic mass is 16.5. The van der Waals surface area contributed by atoms with Gasteiger partial charge in [0.2, 0.25) is 0 Å². The zero-order chi connectivity index (χ0) is 17.0. The van der Waals surface area contributed by atoms with Gasteiger partial charge in [-0.25, -0.2) is 0 Å². The van der Waals surface area contributed by atoms with E-state index in [1.165, 1.54) is 24.9 Å². The first-order valence-corrected chi connectivity index (χ1v) is 9.92. The number of quaternary nitrogens is 1. The monoisotopic (exact) mass is 340 g/mol. The molecule has 5 atom stereocenters. The van der Waals surface area contributed by atoms with Gasteiger partial charge in [-0.1, -0.05) is 0 Å². The van der Waals surface area contributed by atoms with Crippen LogP contribution >= 0.6 is 0 Å². The molecule has 3 aliphatic carbocycles. The molecule has 2 saturated carbocycles. The lowest BCUT2D eigenvalue weighted by atomic mass is 9.51. The molecule has 0 aromatic heterocycles. The van der Waals surface area contributed by atoms with Crippen molar-refractivity contribution in [2.45, 2.75) is 56.1 Å². The average Bonchev–Trinajstić information content (AvgIpc) is 3.32. The van der Waals surface area contributed by atoms with Crippen LogP contribution in [0.2, 0.25) is 0 Å². The summed E-state index contributed by atoms with van der Waals surface area (Å²) in [6, 6.07) is 4.17. The van der Waals surface area contributed by atoms with E-state index in [-0.39, 0.29) is 17.3 Å². The van der Waals surface area contributed by atoms with Crippen molar-refractivity contribution in [3.05, 3.63) is 23.3 Å². The van der Waals surface area contributed by atoms with Crippen LogP contribution in [0.1, 0.15) is 43.2 Å². The molecule has 1 aromatic rings. The molecular formula is C21H26NO3+. The number of Topliss-reactive ketones (excluding diaryl/α,β-unsaturated/α-hetero) is 1. The van der Waals surface area contributed by atoms with Crippen molar-refractivity contribution >= 4 is 5.78 Å². The number of phenols is 1. The topological polar surface area (TPSA) is 46.5 Å². The number of ether oxygens (including phenoxy) is 1. The van der Waals surface area contributed by atoms with Gasteiger partial charge in [0.15, 0.2) is 11.9 Å². The van der Waals surface area contributed by atoms with E-state index in [2.05, 4.69) is 7.05 Å². The molecule has 0 amide bonds. The van der Waals surface area contributed by atoms with E-state index < -0.39 is 0 Å². The fourth-order valence-electron chi connectivity index (χ4n) is 6.92. The molecular weight excluding hydrogens is 314 g/mol. The number of rotatable bonds is 2. The van der Waals surface area contributed by atoms with Crippen molar-refractivity contribution in [3.8, 4) is 11.5 Å². The molecule has 132 valence electrons. The molecule has 2 heterocycles.